The quantitative estimate of drug-likeness (QED) is 0.348. The van der Waals surface area contributed by atoms with Crippen molar-refractivity contribution in [3.63, 3.8) is 0 Å². The maximum Gasteiger partial charge on any atom is 0.162 e. The maximum atomic E-state index is 5.05. The highest BCUT2D eigenvalue weighted by Crippen LogP contribution is 2.32. The molecule has 0 saturated carbocycles. The number of anilines is 1. The minimum Gasteiger partial charge on any atom is -0.372 e. The van der Waals surface area contributed by atoms with Gasteiger partial charge in [-0.1, -0.05) is 42.2 Å². The molecule has 0 amide bonds. The zero-order valence-electron chi connectivity index (χ0n) is 16.8. The van der Waals surface area contributed by atoms with E-state index in [1.165, 1.54) is 5.56 Å². The van der Waals surface area contributed by atoms with Gasteiger partial charge in [0, 0.05) is 37.0 Å². The Morgan fingerprint density at radius 1 is 1.07 bits per heavy atom. The number of hydrogen-bond acceptors (Lipinski definition) is 6. The van der Waals surface area contributed by atoms with E-state index in [9.17, 15) is 0 Å². The van der Waals surface area contributed by atoms with Crippen LogP contribution in [0.5, 0.6) is 0 Å². The Hall–Kier alpha value is -3.27. The molecule has 3 heterocycles. The van der Waals surface area contributed by atoms with Gasteiger partial charge < -0.3 is 10.1 Å². The zero-order valence-corrected chi connectivity index (χ0v) is 17.6. The molecule has 4 aromatic rings. The van der Waals surface area contributed by atoms with Crippen LogP contribution in [0.25, 0.3) is 21.6 Å². The van der Waals surface area contributed by atoms with Crippen LogP contribution in [-0.4, -0.2) is 35.2 Å². The van der Waals surface area contributed by atoms with E-state index in [4.69, 9.17) is 14.7 Å². The van der Waals surface area contributed by atoms with Crippen LogP contribution >= 0.6 is 11.3 Å². The molecule has 0 saturated heterocycles. The Labute approximate surface area is 180 Å². The lowest BCUT2D eigenvalue weighted by Crippen LogP contribution is -2.06. The van der Waals surface area contributed by atoms with Crippen molar-refractivity contribution >= 4 is 27.4 Å². The molecule has 150 valence electrons. The molecule has 0 spiro atoms. The number of pyridine rings is 1. The van der Waals surface area contributed by atoms with E-state index in [0.29, 0.717) is 12.4 Å². The van der Waals surface area contributed by atoms with E-state index in [1.807, 2.05) is 23.6 Å². The summed E-state index contributed by atoms with van der Waals surface area (Å²) in [6, 6.07) is 14.4. The fraction of sp³-hybridized carbons (Fsp3) is 0.208. The molecule has 0 aliphatic heterocycles. The molecule has 0 atom stereocenters. The van der Waals surface area contributed by atoms with Crippen molar-refractivity contribution in [2.45, 2.75) is 12.8 Å². The largest absolute Gasteiger partial charge is 0.372 e. The first-order chi connectivity index (χ1) is 14.8. The fourth-order valence-corrected chi connectivity index (χ4v) is 4.01. The highest BCUT2D eigenvalue weighted by atomic mass is 32.1. The van der Waals surface area contributed by atoms with Crippen LogP contribution in [0.1, 0.15) is 17.5 Å². The molecule has 6 heteroatoms. The van der Waals surface area contributed by atoms with Gasteiger partial charge in [-0.2, -0.15) is 0 Å². The second-order valence-electron chi connectivity index (χ2n) is 6.71. The van der Waals surface area contributed by atoms with Gasteiger partial charge >= 0.3 is 0 Å². The summed E-state index contributed by atoms with van der Waals surface area (Å²) in [5.74, 6) is 7.71. The first-order valence-corrected chi connectivity index (χ1v) is 10.7. The van der Waals surface area contributed by atoms with E-state index in [-0.39, 0.29) is 0 Å². The number of hydrogen-bond donors (Lipinski definition) is 1. The average Bonchev–Trinajstić information content (AvgIpc) is 3.21. The Morgan fingerprint density at radius 3 is 2.70 bits per heavy atom. The molecule has 5 nitrogen and oxygen atoms in total. The van der Waals surface area contributed by atoms with Crippen LogP contribution in [-0.2, 0) is 11.2 Å². The first-order valence-electron chi connectivity index (χ1n) is 9.80. The topological polar surface area (TPSA) is 59.9 Å². The summed E-state index contributed by atoms with van der Waals surface area (Å²) < 4.78 is 6.07. The summed E-state index contributed by atoms with van der Waals surface area (Å²) in [7, 11) is 1.64. The standard InChI is InChI=1S/C24H22N4OS/c1-29-16-6-10-20-17-30-22-21(20)27-23(19-11-14-25-15-12-19)28-24(22)26-13-5-9-18-7-3-2-4-8-18/h2-4,7-8,11-12,14-15,17H,5,9,13,16H2,1H3,(H,26,27,28). The van der Waals surface area contributed by atoms with E-state index in [2.05, 4.69) is 46.4 Å². The normalized spacial score (nSPS) is 10.6. The van der Waals surface area contributed by atoms with Gasteiger partial charge in [-0.25, -0.2) is 9.97 Å². The molecule has 0 unspecified atom stereocenters. The van der Waals surface area contributed by atoms with Crippen molar-refractivity contribution in [3.05, 3.63) is 71.4 Å². The number of nitrogens with zero attached hydrogens (tertiary/aromatic N) is 3. The minimum absolute atomic E-state index is 0.393. The van der Waals surface area contributed by atoms with Crippen molar-refractivity contribution < 1.29 is 4.74 Å². The van der Waals surface area contributed by atoms with Gasteiger partial charge in [0.15, 0.2) is 5.82 Å². The molecule has 0 aliphatic rings. The van der Waals surface area contributed by atoms with E-state index in [1.54, 1.807) is 30.8 Å². The molecule has 0 aliphatic carbocycles. The predicted molar refractivity (Wildman–Crippen MR) is 123 cm³/mol. The molecule has 30 heavy (non-hydrogen) atoms. The van der Waals surface area contributed by atoms with E-state index < -0.39 is 0 Å². The van der Waals surface area contributed by atoms with Crippen LogP contribution in [0, 0.1) is 11.8 Å². The second-order valence-corrected chi connectivity index (χ2v) is 7.59. The van der Waals surface area contributed by atoms with E-state index in [0.717, 1.165) is 46.5 Å². The molecule has 0 fully saturated rings. The van der Waals surface area contributed by atoms with Crippen LogP contribution in [0.3, 0.4) is 0 Å². The van der Waals surface area contributed by atoms with Gasteiger partial charge in [0.1, 0.15) is 17.9 Å². The van der Waals surface area contributed by atoms with Crippen molar-refractivity contribution in [3.8, 4) is 23.2 Å². The minimum atomic E-state index is 0.393. The first kappa shape index (κ1) is 20.0. The molecule has 1 N–H and O–H groups in total. The number of aryl methyl sites for hydroxylation is 1. The van der Waals surface area contributed by atoms with Crippen molar-refractivity contribution in [1.82, 2.24) is 15.0 Å². The number of ether oxygens (including phenoxy) is 1. The van der Waals surface area contributed by atoms with Crippen LogP contribution in [0.15, 0.2) is 60.2 Å². The monoisotopic (exact) mass is 414 g/mol. The van der Waals surface area contributed by atoms with Crippen LogP contribution in [0.4, 0.5) is 5.82 Å². The molecule has 3 aromatic heterocycles. The number of methoxy groups -OCH3 is 1. The third kappa shape index (κ3) is 4.82. The Bertz CT molecular complexity index is 1160. The van der Waals surface area contributed by atoms with Gasteiger partial charge in [0.05, 0.1) is 10.3 Å². The average molecular weight is 415 g/mol. The lowest BCUT2D eigenvalue weighted by atomic mass is 10.1. The molecule has 1 aromatic carbocycles. The molecular weight excluding hydrogens is 392 g/mol. The molecule has 0 bridgehead atoms. The van der Waals surface area contributed by atoms with Crippen LogP contribution in [0.2, 0.25) is 0 Å². The Kier molecular flexibility index (Phi) is 6.65. The molecule has 0 radical (unpaired) electrons. The highest BCUT2D eigenvalue weighted by molar-refractivity contribution is 7.18. The summed E-state index contributed by atoms with van der Waals surface area (Å²) in [4.78, 5) is 13.7. The van der Waals surface area contributed by atoms with Crippen LogP contribution < -0.4 is 5.32 Å². The summed E-state index contributed by atoms with van der Waals surface area (Å²) in [6.07, 6.45) is 5.55. The summed E-state index contributed by atoms with van der Waals surface area (Å²) in [6.45, 7) is 1.23. The Balaban J connectivity index is 1.61. The predicted octanol–water partition coefficient (Wildman–Crippen LogP) is 4.80. The summed E-state index contributed by atoms with van der Waals surface area (Å²) in [5, 5.41) is 5.55. The fourth-order valence-electron chi connectivity index (χ4n) is 3.10. The number of thiophene rings is 1. The lowest BCUT2D eigenvalue weighted by molar-refractivity contribution is 0.240. The van der Waals surface area contributed by atoms with Crippen molar-refractivity contribution in [1.29, 1.82) is 0 Å². The van der Waals surface area contributed by atoms with Gasteiger partial charge in [-0.15, -0.1) is 11.3 Å². The highest BCUT2D eigenvalue weighted by Gasteiger charge is 2.14. The van der Waals surface area contributed by atoms with Gasteiger partial charge in [-0.05, 0) is 30.5 Å². The van der Waals surface area contributed by atoms with Crippen molar-refractivity contribution in [2.24, 2.45) is 0 Å². The number of nitrogens with one attached hydrogen (secondary N) is 1. The van der Waals surface area contributed by atoms with E-state index >= 15 is 0 Å². The number of aromatic nitrogens is 3. The second kappa shape index (κ2) is 9.97. The lowest BCUT2D eigenvalue weighted by Gasteiger charge is -2.09. The third-order valence-corrected chi connectivity index (χ3v) is 5.55. The SMILES string of the molecule is COCC#Cc1csc2c(NCCCc3ccccc3)nc(-c3ccncc3)nc12. The smallest absolute Gasteiger partial charge is 0.162 e. The Morgan fingerprint density at radius 2 is 1.90 bits per heavy atom. The van der Waals surface area contributed by atoms with Gasteiger partial charge in [0.2, 0.25) is 0 Å². The summed E-state index contributed by atoms with van der Waals surface area (Å²) >= 11 is 1.61. The molecular formula is C24H22N4OS. The maximum absolute atomic E-state index is 5.05. The zero-order chi connectivity index (χ0) is 20.6. The van der Waals surface area contributed by atoms with Gasteiger partial charge in [-0.3, -0.25) is 4.98 Å². The summed E-state index contributed by atoms with van der Waals surface area (Å²) in [5.41, 5.74) is 4.05. The number of rotatable bonds is 7. The van der Waals surface area contributed by atoms with Gasteiger partial charge in [0.25, 0.3) is 0 Å². The molecule has 4 rings (SSSR count). The van der Waals surface area contributed by atoms with Crippen molar-refractivity contribution in [2.75, 3.05) is 25.6 Å². The number of benzene rings is 1. The number of fused-ring (bicyclic) bond motifs is 1. The third-order valence-electron chi connectivity index (χ3n) is 4.57.